The van der Waals surface area contributed by atoms with Crippen LogP contribution in [0.15, 0.2) is 17.1 Å². The van der Waals surface area contributed by atoms with E-state index in [0.29, 0.717) is 12.3 Å². The van der Waals surface area contributed by atoms with Crippen LogP contribution >= 0.6 is 7.82 Å². The van der Waals surface area contributed by atoms with Gasteiger partial charge in [-0.15, -0.1) is 0 Å². The van der Waals surface area contributed by atoms with E-state index in [1.165, 1.54) is 0 Å². The van der Waals surface area contributed by atoms with E-state index in [4.69, 9.17) is 25.2 Å². The molecule has 2 saturated carbocycles. The first-order valence-corrected chi connectivity index (χ1v) is 14.4. The van der Waals surface area contributed by atoms with E-state index in [-0.39, 0.29) is 17.3 Å². The van der Waals surface area contributed by atoms with E-state index in [1.807, 2.05) is 6.08 Å². The van der Waals surface area contributed by atoms with Crippen molar-refractivity contribution in [1.82, 2.24) is 0 Å². The number of phosphoric ester groups is 1. The molecular formula is C24H41N2O8P. The minimum Gasteiger partial charge on any atom is -0.391 e. The molecule has 10 nitrogen and oxygen atoms in total. The lowest BCUT2D eigenvalue weighted by Gasteiger charge is -2.43. The Morgan fingerprint density at radius 1 is 1.20 bits per heavy atom. The van der Waals surface area contributed by atoms with Gasteiger partial charge in [-0.1, -0.05) is 44.6 Å². The van der Waals surface area contributed by atoms with Crippen LogP contribution in [0.4, 0.5) is 0 Å². The van der Waals surface area contributed by atoms with E-state index in [9.17, 15) is 19.9 Å². The maximum absolute atomic E-state index is 11.2. The highest BCUT2D eigenvalue weighted by molar-refractivity contribution is 7.46. The number of hydrogen-bond acceptors (Lipinski definition) is 8. The van der Waals surface area contributed by atoms with Crippen LogP contribution in [0.5, 0.6) is 0 Å². The quantitative estimate of drug-likeness (QED) is 0.298. The summed E-state index contributed by atoms with van der Waals surface area (Å²) in [5.41, 5.74) is 5.18. The molecule has 0 aromatic heterocycles. The average Bonchev–Trinajstić information content (AvgIpc) is 3.37. The van der Waals surface area contributed by atoms with Crippen molar-refractivity contribution in [2.45, 2.75) is 107 Å². The highest BCUT2D eigenvalue weighted by Crippen LogP contribution is 2.67. The van der Waals surface area contributed by atoms with Gasteiger partial charge in [-0.05, 0) is 55.9 Å². The Morgan fingerprint density at radius 2 is 1.89 bits per heavy atom. The van der Waals surface area contributed by atoms with E-state index < -0.39 is 50.5 Å². The zero-order valence-corrected chi connectivity index (χ0v) is 21.3. The molecule has 200 valence electrons. The number of amidine groups is 1. The summed E-state index contributed by atoms with van der Waals surface area (Å²) in [4.78, 5) is 23.0. The Hall–Kier alpha value is -0.840. The summed E-state index contributed by atoms with van der Waals surface area (Å²) in [5, 5.41) is 32.7. The van der Waals surface area contributed by atoms with Crippen molar-refractivity contribution in [3.05, 3.63) is 12.2 Å². The molecule has 7 N–H and O–H groups in total. The van der Waals surface area contributed by atoms with E-state index in [0.717, 1.165) is 57.8 Å². The number of aliphatic hydroxyl groups is 3. The second-order valence-corrected chi connectivity index (χ2v) is 12.3. The number of nitrogens with zero attached hydrogens (tertiary/aromatic N) is 1. The topological polar surface area (TPSA) is 175 Å². The van der Waals surface area contributed by atoms with Gasteiger partial charge >= 0.3 is 7.82 Å². The summed E-state index contributed by atoms with van der Waals surface area (Å²) in [6.07, 6.45) is 8.08. The van der Waals surface area contributed by atoms with Crippen molar-refractivity contribution >= 4 is 13.7 Å². The highest BCUT2D eigenvalue weighted by atomic mass is 31.2. The Balaban J connectivity index is 1.67. The van der Waals surface area contributed by atoms with Gasteiger partial charge < -0.3 is 35.6 Å². The van der Waals surface area contributed by atoms with Crippen LogP contribution in [-0.2, 0) is 13.8 Å². The van der Waals surface area contributed by atoms with Crippen molar-refractivity contribution < 1.29 is 38.9 Å². The molecule has 1 saturated heterocycles. The Morgan fingerprint density at radius 3 is 2.57 bits per heavy atom. The third-order valence-corrected chi connectivity index (χ3v) is 9.24. The van der Waals surface area contributed by atoms with Gasteiger partial charge in [0.25, 0.3) is 0 Å². The molecule has 2 aliphatic carbocycles. The SMILES string of the molecule is CC(O)C12CCCCCCCCC(C3OC(COP(=O)(O)O)C(O)C3O)C3(CC3/C=C\C(N)=N1)C2. The van der Waals surface area contributed by atoms with Gasteiger partial charge in [0.2, 0.25) is 0 Å². The molecule has 2 heterocycles. The van der Waals surface area contributed by atoms with Crippen molar-refractivity contribution in [3.63, 3.8) is 0 Å². The number of aliphatic imine (C=N–C) groups is 1. The largest absolute Gasteiger partial charge is 0.469 e. The van der Waals surface area contributed by atoms with Gasteiger partial charge in [0.1, 0.15) is 24.1 Å². The van der Waals surface area contributed by atoms with Crippen LogP contribution in [0, 0.1) is 17.3 Å². The summed E-state index contributed by atoms with van der Waals surface area (Å²) in [6.45, 7) is 1.26. The Labute approximate surface area is 206 Å². The first-order valence-electron chi connectivity index (χ1n) is 12.9. The first kappa shape index (κ1) is 27.2. The predicted octanol–water partition coefficient (Wildman–Crippen LogP) is 1.78. The van der Waals surface area contributed by atoms with Crippen LogP contribution in [0.3, 0.4) is 0 Å². The molecule has 1 spiro atoms. The number of phosphoric acid groups is 1. The maximum Gasteiger partial charge on any atom is 0.469 e. The normalized spacial score (nSPS) is 44.6. The molecule has 9 atom stereocenters. The molecule has 0 radical (unpaired) electrons. The third-order valence-electron chi connectivity index (χ3n) is 8.76. The number of aliphatic hydroxyl groups excluding tert-OH is 3. The zero-order valence-electron chi connectivity index (χ0n) is 20.4. The average molecular weight is 517 g/mol. The minimum absolute atomic E-state index is 0.131. The lowest BCUT2D eigenvalue weighted by Crippen LogP contribution is -2.48. The summed E-state index contributed by atoms with van der Waals surface area (Å²) in [5.74, 6) is 0.465. The van der Waals surface area contributed by atoms with E-state index in [2.05, 4.69) is 10.6 Å². The molecule has 4 rings (SSSR count). The number of rotatable bonds is 5. The molecule has 3 fully saturated rings. The number of hydrogen-bond donors (Lipinski definition) is 6. The van der Waals surface area contributed by atoms with Crippen LogP contribution in [-0.4, -0.2) is 73.6 Å². The molecule has 0 aromatic rings. The second kappa shape index (κ2) is 10.5. The van der Waals surface area contributed by atoms with Crippen LogP contribution < -0.4 is 5.73 Å². The standard InChI is InChI=1S/C24H41N2O8P/c1-15(27)24-11-7-5-3-2-4-6-8-17(23(14-24)12-16(23)9-10-19(25)26-24)22-21(29)20(28)18(34-22)13-33-35(30,31)32/h9-10,15-18,20-22,27-29H,2-8,11-14H2,1H3,(H2,25,26)(H2,30,31,32)/b10-9-. The zero-order chi connectivity index (χ0) is 25.4. The molecule has 9 unspecified atom stereocenters. The lowest BCUT2D eigenvalue weighted by molar-refractivity contribution is -0.0704. The number of nitrogens with two attached hydrogens (primary N) is 1. The minimum atomic E-state index is -4.74. The molecule has 4 aliphatic rings. The molecule has 35 heavy (non-hydrogen) atoms. The molecule has 0 amide bonds. The first-order chi connectivity index (χ1) is 16.5. The van der Waals surface area contributed by atoms with Crippen molar-refractivity contribution in [1.29, 1.82) is 0 Å². The fourth-order valence-corrected chi connectivity index (χ4v) is 7.12. The van der Waals surface area contributed by atoms with Gasteiger partial charge in [0, 0.05) is 0 Å². The summed E-state index contributed by atoms with van der Waals surface area (Å²) < 4.78 is 21.9. The van der Waals surface area contributed by atoms with Gasteiger partial charge in [-0.2, -0.15) is 0 Å². The van der Waals surface area contributed by atoms with E-state index >= 15 is 0 Å². The summed E-state index contributed by atoms with van der Waals surface area (Å²) in [6, 6.07) is 0. The molecule has 2 aliphatic heterocycles. The third kappa shape index (κ3) is 5.85. The van der Waals surface area contributed by atoms with Crippen molar-refractivity contribution in [3.8, 4) is 0 Å². The summed E-state index contributed by atoms with van der Waals surface area (Å²) >= 11 is 0. The van der Waals surface area contributed by atoms with Gasteiger partial charge in [-0.25, -0.2) is 4.57 Å². The van der Waals surface area contributed by atoms with Crippen LogP contribution in [0.25, 0.3) is 0 Å². The van der Waals surface area contributed by atoms with Crippen molar-refractivity contribution in [2.75, 3.05) is 6.61 Å². The van der Waals surface area contributed by atoms with Gasteiger partial charge in [0.15, 0.2) is 0 Å². The van der Waals surface area contributed by atoms with Crippen LogP contribution in [0.2, 0.25) is 0 Å². The van der Waals surface area contributed by atoms with E-state index in [1.54, 1.807) is 6.92 Å². The van der Waals surface area contributed by atoms with Gasteiger partial charge in [-0.3, -0.25) is 9.52 Å². The van der Waals surface area contributed by atoms with Crippen molar-refractivity contribution in [2.24, 2.45) is 28.0 Å². The Bertz CT molecular complexity index is 862. The lowest BCUT2D eigenvalue weighted by atomic mass is 9.68. The summed E-state index contributed by atoms with van der Waals surface area (Å²) in [7, 11) is -4.74. The fraction of sp³-hybridized carbons (Fsp3) is 0.875. The molecule has 11 heteroatoms. The number of fused-ring (bicyclic) bond motifs is 1. The predicted molar refractivity (Wildman–Crippen MR) is 129 cm³/mol. The number of allylic oxidation sites excluding steroid dienone is 1. The Kier molecular flexibility index (Phi) is 8.16. The second-order valence-electron chi connectivity index (χ2n) is 11.1. The number of ether oxygens (including phenoxy) is 1. The van der Waals surface area contributed by atoms with Crippen LogP contribution in [0.1, 0.15) is 71.1 Å². The highest BCUT2D eigenvalue weighted by Gasteiger charge is 2.65. The molecule has 2 bridgehead atoms. The molecular weight excluding hydrogens is 475 g/mol. The fourth-order valence-electron chi connectivity index (χ4n) is 6.78. The van der Waals surface area contributed by atoms with Gasteiger partial charge in [0.05, 0.1) is 24.4 Å². The maximum atomic E-state index is 11.2. The molecule has 0 aromatic carbocycles. The smallest absolute Gasteiger partial charge is 0.391 e. The monoisotopic (exact) mass is 516 g/mol.